The molecule has 0 aromatic heterocycles. The molecule has 1 amide bonds. The number of phenolic OH excluding ortho intramolecular Hbond substituents is 1. The Hall–Kier alpha value is -2.69. The quantitative estimate of drug-likeness (QED) is 0.890. The highest BCUT2D eigenvalue weighted by Gasteiger charge is 2.17. The summed E-state index contributed by atoms with van der Waals surface area (Å²) < 4.78 is 5.06. The first-order valence-corrected chi connectivity index (χ1v) is 9.05. The molecule has 2 aromatic carbocycles. The van der Waals surface area contributed by atoms with Crippen LogP contribution in [0.3, 0.4) is 0 Å². The molecule has 0 unspecified atom stereocenters. The molecule has 5 heteroatoms. The molecule has 5 nitrogen and oxygen atoms in total. The van der Waals surface area contributed by atoms with Crippen molar-refractivity contribution in [2.24, 2.45) is 0 Å². The van der Waals surface area contributed by atoms with E-state index in [1.54, 1.807) is 24.1 Å². The predicted molar refractivity (Wildman–Crippen MR) is 103 cm³/mol. The smallest absolute Gasteiger partial charge is 0.257 e. The van der Waals surface area contributed by atoms with E-state index in [9.17, 15) is 9.90 Å². The van der Waals surface area contributed by atoms with Gasteiger partial charge in [0.05, 0.1) is 12.7 Å². The fourth-order valence-electron chi connectivity index (χ4n) is 3.33. The maximum atomic E-state index is 12.6. The van der Waals surface area contributed by atoms with Crippen LogP contribution < -0.4 is 9.64 Å². The van der Waals surface area contributed by atoms with Crippen LogP contribution in [0.15, 0.2) is 42.5 Å². The summed E-state index contributed by atoms with van der Waals surface area (Å²) in [5.74, 6) is 0.238. The Bertz CT molecular complexity index is 752. The van der Waals surface area contributed by atoms with Gasteiger partial charge in [0.1, 0.15) is 11.5 Å². The summed E-state index contributed by atoms with van der Waals surface area (Å²) in [7, 11) is 3.26. The molecule has 0 saturated carbocycles. The van der Waals surface area contributed by atoms with Gasteiger partial charge in [-0.25, -0.2) is 0 Å². The van der Waals surface area contributed by atoms with Crippen molar-refractivity contribution >= 4 is 11.6 Å². The standard InChI is InChI=1S/C21H26N2O3/c1-22(21(25)19-11-10-18(26-2)14-20(19)24)15-16-6-8-17(9-7-16)23-12-4-3-5-13-23/h6-11,14,24H,3-5,12-13,15H2,1-2H3. The SMILES string of the molecule is COc1ccc(C(=O)N(C)Cc2ccc(N3CCCCC3)cc2)c(O)c1. The first-order valence-electron chi connectivity index (χ1n) is 9.05. The first-order chi connectivity index (χ1) is 12.6. The maximum absolute atomic E-state index is 12.6. The number of carbonyl (C=O) groups is 1. The lowest BCUT2D eigenvalue weighted by molar-refractivity contribution is 0.0782. The zero-order chi connectivity index (χ0) is 18.5. The van der Waals surface area contributed by atoms with E-state index in [1.807, 2.05) is 0 Å². The Kier molecular flexibility index (Phi) is 5.66. The average Bonchev–Trinajstić information content (AvgIpc) is 2.68. The molecule has 26 heavy (non-hydrogen) atoms. The number of aromatic hydroxyl groups is 1. The van der Waals surface area contributed by atoms with Crippen LogP contribution in [-0.2, 0) is 6.54 Å². The van der Waals surface area contributed by atoms with E-state index in [0.29, 0.717) is 12.3 Å². The van der Waals surface area contributed by atoms with Crippen molar-refractivity contribution in [1.82, 2.24) is 4.90 Å². The monoisotopic (exact) mass is 354 g/mol. The first kappa shape index (κ1) is 18.1. The lowest BCUT2D eigenvalue weighted by Gasteiger charge is -2.29. The number of anilines is 1. The second-order valence-electron chi connectivity index (χ2n) is 6.76. The predicted octanol–water partition coefficient (Wildman–Crippen LogP) is 3.66. The number of phenols is 1. The number of benzene rings is 2. The van der Waals surface area contributed by atoms with Crippen molar-refractivity contribution < 1.29 is 14.6 Å². The van der Waals surface area contributed by atoms with Crippen LogP contribution in [0, 0.1) is 0 Å². The van der Waals surface area contributed by atoms with Gasteiger partial charge in [-0.3, -0.25) is 4.79 Å². The van der Waals surface area contributed by atoms with Crippen LogP contribution in [0.1, 0.15) is 35.2 Å². The van der Waals surface area contributed by atoms with Crippen LogP contribution in [0.25, 0.3) is 0 Å². The van der Waals surface area contributed by atoms with E-state index in [1.165, 1.54) is 38.1 Å². The molecule has 0 radical (unpaired) electrons. The highest BCUT2D eigenvalue weighted by Crippen LogP contribution is 2.25. The largest absolute Gasteiger partial charge is 0.507 e. The molecule has 1 saturated heterocycles. The minimum Gasteiger partial charge on any atom is -0.507 e. The van der Waals surface area contributed by atoms with Crippen molar-refractivity contribution in [3.05, 3.63) is 53.6 Å². The normalized spacial score (nSPS) is 14.2. The number of hydrogen-bond acceptors (Lipinski definition) is 4. The van der Waals surface area contributed by atoms with Gasteiger partial charge in [-0.2, -0.15) is 0 Å². The van der Waals surface area contributed by atoms with Crippen molar-refractivity contribution in [3.8, 4) is 11.5 Å². The van der Waals surface area contributed by atoms with E-state index in [2.05, 4.69) is 29.2 Å². The molecule has 0 aliphatic carbocycles. The molecule has 1 aliphatic rings. The fourth-order valence-corrected chi connectivity index (χ4v) is 3.33. The van der Waals surface area contributed by atoms with Crippen LogP contribution in [0.5, 0.6) is 11.5 Å². The van der Waals surface area contributed by atoms with E-state index in [0.717, 1.165) is 18.7 Å². The van der Waals surface area contributed by atoms with Gasteiger partial charge in [0.2, 0.25) is 0 Å². The molecule has 1 aliphatic heterocycles. The topological polar surface area (TPSA) is 53.0 Å². The number of methoxy groups -OCH3 is 1. The number of carbonyl (C=O) groups excluding carboxylic acids is 1. The Morgan fingerprint density at radius 3 is 2.42 bits per heavy atom. The number of amides is 1. The zero-order valence-corrected chi connectivity index (χ0v) is 15.4. The van der Waals surface area contributed by atoms with Gasteiger partial charge in [0.15, 0.2) is 0 Å². The van der Waals surface area contributed by atoms with Gasteiger partial charge in [-0.1, -0.05) is 12.1 Å². The third kappa shape index (κ3) is 4.10. The minimum atomic E-state index is -0.217. The number of rotatable bonds is 5. The molecular formula is C21H26N2O3. The number of nitrogens with zero attached hydrogens (tertiary/aromatic N) is 2. The molecule has 1 N–H and O–H groups in total. The molecule has 2 aromatic rings. The van der Waals surface area contributed by atoms with Crippen molar-refractivity contribution in [2.45, 2.75) is 25.8 Å². The van der Waals surface area contributed by atoms with Crippen LogP contribution in [0.4, 0.5) is 5.69 Å². The highest BCUT2D eigenvalue weighted by atomic mass is 16.5. The third-order valence-electron chi connectivity index (χ3n) is 4.86. The fraction of sp³-hybridized carbons (Fsp3) is 0.381. The van der Waals surface area contributed by atoms with Crippen LogP contribution in [0.2, 0.25) is 0 Å². The molecule has 0 atom stereocenters. The number of ether oxygens (including phenoxy) is 1. The summed E-state index contributed by atoms with van der Waals surface area (Å²) in [5.41, 5.74) is 2.59. The second kappa shape index (κ2) is 8.13. The summed E-state index contributed by atoms with van der Waals surface area (Å²) in [6.07, 6.45) is 3.83. The Labute approximate surface area is 154 Å². The highest BCUT2D eigenvalue weighted by molar-refractivity contribution is 5.96. The molecular weight excluding hydrogens is 328 g/mol. The van der Waals surface area contributed by atoms with E-state index < -0.39 is 0 Å². The Morgan fingerprint density at radius 2 is 1.81 bits per heavy atom. The minimum absolute atomic E-state index is 0.0679. The second-order valence-corrected chi connectivity index (χ2v) is 6.76. The maximum Gasteiger partial charge on any atom is 0.257 e. The molecule has 0 spiro atoms. The molecule has 0 bridgehead atoms. The van der Waals surface area contributed by atoms with Gasteiger partial charge in [-0.05, 0) is 49.1 Å². The summed E-state index contributed by atoms with van der Waals surface area (Å²) in [5, 5.41) is 10.1. The van der Waals surface area contributed by atoms with Gasteiger partial charge in [0, 0.05) is 38.4 Å². The van der Waals surface area contributed by atoms with Gasteiger partial charge >= 0.3 is 0 Å². The van der Waals surface area contributed by atoms with Crippen molar-refractivity contribution in [1.29, 1.82) is 0 Å². The third-order valence-corrected chi connectivity index (χ3v) is 4.86. The average molecular weight is 354 g/mol. The van der Waals surface area contributed by atoms with Crippen LogP contribution in [-0.4, -0.2) is 43.2 Å². The van der Waals surface area contributed by atoms with Crippen molar-refractivity contribution in [2.75, 3.05) is 32.1 Å². The molecule has 1 fully saturated rings. The van der Waals surface area contributed by atoms with Crippen LogP contribution >= 0.6 is 0 Å². The molecule has 138 valence electrons. The van der Waals surface area contributed by atoms with Gasteiger partial charge in [0.25, 0.3) is 5.91 Å². The van der Waals surface area contributed by atoms with Crippen molar-refractivity contribution in [3.63, 3.8) is 0 Å². The van der Waals surface area contributed by atoms with Gasteiger partial charge < -0.3 is 19.6 Å². The van der Waals surface area contributed by atoms with E-state index >= 15 is 0 Å². The molecule has 1 heterocycles. The Balaban J connectivity index is 1.65. The van der Waals surface area contributed by atoms with Gasteiger partial charge in [-0.15, -0.1) is 0 Å². The summed E-state index contributed by atoms with van der Waals surface area (Å²) in [4.78, 5) is 16.6. The summed E-state index contributed by atoms with van der Waals surface area (Å²) >= 11 is 0. The summed E-state index contributed by atoms with van der Waals surface area (Å²) in [6.45, 7) is 2.73. The lowest BCUT2D eigenvalue weighted by Crippen LogP contribution is -2.29. The van der Waals surface area contributed by atoms with E-state index in [4.69, 9.17) is 4.74 Å². The zero-order valence-electron chi connectivity index (χ0n) is 15.4. The summed E-state index contributed by atoms with van der Waals surface area (Å²) in [6, 6.07) is 13.1. The number of hydrogen-bond donors (Lipinski definition) is 1. The van der Waals surface area contributed by atoms with E-state index in [-0.39, 0.29) is 17.2 Å². The Morgan fingerprint density at radius 1 is 1.12 bits per heavy atom. The number of piperidine rings is 1. The lowest BCUT2D eigenvalue weighted by atomic mass is 10.1. The molecule has 3 rings (SSSR count).